The summed E-state index contributed by atoms with van der Waals surface area (Å²) >= 11 is 1.66. The van der Waals surface area contributed by atoms with E-state index >= 15 is 0 Å². The Labute approximate surface area is 169 Å². The van der Waals surface area contributed by atoms with Gasteiger partial charge in [-0.15, -0.1) is 0 Å². The first-order valence-corrected chi connectivity index (χ1v) is 10.4. The van der Waals surface area contributed by atoms with Gasteiger partial charge in [-0.25, -0.2) is 0 Å². The van der Waals surface area contributed by atoms with Gasteiger partial charge in [0.1, 0.15) is 5.82 Å². The van der Waals surface area contributed by atoms with Crippen LogP contribution in [0.25, 0.3) is 0 Å². The van der Waals surface area contributed by atoms with Gasteiger partial charge in [0.15, 0.2) is 0 Å². The quantitative estimate of drug-likeness (QED) is 0.642. The second-order valence-electron chi connectivity index (χ2n) is 6.50. The van der Waals surface area contributed by atoms with Gasteiger partial charge < -0.3 is 14.8 Å². The SMILES string of the molecule is COc1cc(OC)nc(CSCCNC(=O)CN2CCc3ccccc3C2)n1. The second kappa shape index (κ2) is 10.3. The van der Waals surface area contributed by atoms with Crippen molar-refractivity contribution in [3.05, 3.63) is 47.3 Å². The Morgan fingerprint density at radius 2 is 1.89 bits per heavy atom. The van der Waals surface area contributed by atoms with Crippen molar-refractivity contribution in [3.8, 4) is 11.8 Å². The number of hydrogen-bond donors (Lipinski definition) is 1. The van der Waals surface area contributed by atoms with Crippen LogP contribution in [0.4, 0.5) is 0 Å². The first-order chi connectivity index (χ1) is 13.7. The Balaban J connectivity index is 1.35. The highest BCUT2D eigenvalue weighted by molar-refractivity contribution is 7.98. The van der Waals surface area contributed by atoms with Gasteiger partial charge in [0.25, 0.3) is 0 Å². The lowest BCUT2D eigenvalue weighted by Crippen LogP contribution is -2.40. The predicted molar refractivity (Wildman–Crippen MR) is 110 cm³/mol. The molecule has 1 aromatic carbocycles. The number of rotatable bonds is 9. The van der Waals surface area contributed by atoms with Crippen LogP contribution in [0.2, 0.25) is 0 Å². The third-order valence-electron chi connectivity index (χ3n) is 4.52. The standard InChI is InChI=1S/C20H26N4O3S/c1-26-19-11-20(27-2)23-17(22-19)14-28-10-8-21-18(25)13-24-9-7-15-5-3-4-6-16(15)12-24/h3-6,11H,7-10,12-14H2,1-2H3,(H,21,25). The van der Waals surface area contributed by atoms with E-state index in [2.05, 4.69) is 44.5 Å². The molecule has 2 heterocycles. The molecule has 0 unspecified atom stereocenters. The maximum absolute atomic E-state index is 12.2. The molecular formula is C20H26N4O3S. The normalized spacial score (nSPS) is 13.6. The minimum absolute atomic E-state index is 0.0688. The maximum atomic E-state index is 12.2. The summed E-state index contributed by atoms with van der Waals surface area (Å²) in [5, 5.41) is 2.99. The van der Waals surface area contributed by atoms with E-state index in [9.17, 15) is 4.79 Å². The highest BCUT2D eigenvalue weighted by Gasteiger charge is 2.17. The number of amides is 1. The maximum Gasteiger partial charge on any atom is 0.234 e. The number of aromatic nitrogens is 2. The summed E-state index contributed by atoms with van der Waals surface area (Å²) in [4.78, 5) is 23.0. The molecule has 0 spiro atoms. The summed E-state index contributed by atoms with van der Waals surface area (Å²) in [6.07, 6.45) is 1.00. The lowest BCUT2D eigenvalue weighted by atomic mass is 10.00. The Morgan fingerprint density at radius 3 is 2.61 bits per heavy atom. The fourth-order valence-electron chi connectivity index (χ4n) is 3.10. The third-order valence-corrected chi connectivity index (χ3v) is 5.48. The molecule has 0 fully saturated rings. The fourth-order valence-corrected chi connectivity index (χ4v) is 3.80. The Bertz CT molecular complexity index is 781. The molecule has 0 radical (unpaired) electrons. The van der Waals surface area contributed by atoms with Crippen LogP contribution in [-0.4, -0.2) is 60.4 Å². The number of nitrogens with zero attached hydrogens (tertiary/aromatic N) is 3. The lowest BCUT2D eigenvalue weighted by molar-refractivity contribution is -0.122. The number of benzene rings is 1. The van der Waals surface area contributed by atoms with E-state index in [0.717, 1.165) is 25.3 Å². The van der Waals surface area contributed by atoms with Gasteiger partial charge >= 0.3 is 0 Å². The number of thioether (sulfide) groups is 1. The van der Waals surface area contributed by atoms with Gasteiger partial charge in [-0.05, 0) is 17.5 Å². The van der Waals surface area contributed by atoms with Crippen LogP contribution in [0.3, 0.4) is 0 Å². The molecule has 1 amide bonds. The average Bonchev–Trinajstić information content (AvgIpc) is 2.73. The van der Waals surface area contributed by atoms with Crippen LogP contribution in [0.1, 0.15) is 17.0 Å². The van der Waals surface area contributed by atoms with E-state index in [4.69, 9.17) is 9.47 Å². The highest BCUT2D eigenvalue weighted by Crippen LogP contribution is 2.19. The van der Waals surface area contributed by atoms with Crippen LogP contribution in [0.15, 0.2) is 30.3 Å². The number of fused-ring (bicyclic) bond motifs is 1. The monoisotopic (exact) mass is 402 g/mol. The predicted octanol–water partition coefficient (Wildman–Crippen LogP) is 1.90. The molecule has 1 aliphatic heterocycles. The van der Waals surface area contributed by atoms with Gasteiger partial charge in [0, 0.05) is 25.4 Å². The van der Waals surface area contributed by atoms with E-state index in [1.54, 1.807) is 32.0 Å². The molecule has 1 aromatic heterocycles. The van der Waals surface area contributed by atoms with Gasteiger partial charge in [0.2, 0.25) is 17.7 Å². The zero-order valence-corrected chi connectivity index (χ0v) is 17.1. The number of ether oxygens (including phenoxy) is 2. The summed E-state index contributed by atoms with van der Waals surface area (Å²) in [5.74, 6) is 3.11. The second-order valence-corrected chi connectivity index (χ2v) is 7.61. The molecule has 0 bridgehead atoms. The molecule has 1 aliphatic rings. The van der Waals surface area contributed by atoms with Crippen LogP contribution >= 0.6 is 11.8 Å². The van der Waals surface area contributed by atoms with E-state index in [-0.39, 0.29) is 5.91 Å². The zero-order valence-electron chi connectivity index (χ0n) is 16.3. The van der Waals surface area contributed by atoms with Crippen LogP contribution in [0, 0.1) is 0 Å². The Morgan fingerprint density at radius 1 is 1.18 bits per heavy atom. The minimum Gasteiger partial charge on any atom is -0.481 e. The fraction of sp³-hybridized carbons (Fsp3) is 0.450. The summed E-state index contributed by atoms with van der Waals surface area (Å²) in [6.45, 7) is 2.83. The number of nitrogens with one attached hydrogen (secondary N) is 1. The topological polar surface area (TPSA) is 76.6 Å². The van der Waals surface area contributed by atoms with Gasteiger partial charge in [0.05, 0.1) is 32.6 Å². The van der Waals surface area contributed by atoms with Crippen LogP contribution in [0.5, 0.6) is 11.8 Å². The first kappa shape index (κ1) is 20.4. The molecule has 1 N–H and O–H groups in total. The summed E-state index contributed by atoms with van der Waals surface area (Å²) < 4.78 is 10.3. The van der Waals surface area contributed by atoms with Crippen LogP contribution < -0.4 is 14.8 Å². The molecule has 8 heteroatoms. The average molecular weight is 403 g/mol. The molecule has 2 aromatic rings. The van der Waals surface area contributed by atoms with Crippen molar-refractivity contribution in [1.82, 2.24) is 20.2 Å². The van der Waals surface area contributed by atoms with Crippen molar-refractivity contribution in [3.63, 3.8) is 0 Å². The summed E-state index contributed by atoms with van der Waals surface area (Å²) in [7, 11) is 3.13. The van der Waals surface area contributed by atoms with Crippen molar-refractivity contribution in [2.24, 2.45) is 0 Å². The van der Waals surface area contributed by atoms with E-state index in [0.29, 0.717) is 36.4 Å². The third kappa shape index (κ3) is 5.84. The molecular weight excluding hydrogens is 376 g/mol. The largest absolute Gasteiger partial charge is 0.481 e. The highest BCUT2D eigenvalue weighted by atomic mass is 32.2. The lowest BCUT2D eigenvalue weighted by Gasteiger charge is -2.28. The molecule has 0 saturated heterocycles. The summed E-state index contributed by atoms with van der Waals surface area (Å²) in [6, 6.07) is 10.1. The zero-order chi connectivity index (χ0) is 19.8. The van der Waals surface area contributed by atoms with Gasteiger partial charge in [-0.2, -0.15) is 21.7 Å². The molecule has 28 heavy (non-hydrogen) atoms. The van der Waals surface area contributed by atoms with Crippen molar-refractivity contribution < 1.29 is 14.3 Å². The van der Waals surface area contributed by atoms with E-state index in [1.165, 1.54) is 11.1 Å². The minimum atomic E-state index is 0.0688. The van der Waals surface area contributed by atoms with Crippen molar-refractivity contribution >= 4 is 17.7 Å². The molecule has 0 saturated carbocycles. The van der Waals surface area contributed by atoms with Gasteiger partial charge in [-0.3, -0.25) is 9.69 Å². The number of hydrogen-bond acceptors (Lipinski definition) is 7. The van der Waals surface area contributed by atoms with Crippen molar-refractivity contribution in [1.29, 1.82) is 0 Å². The van der Waals surface area contributed by atoms with Crippen molar-refractivity contribution in [2.75, 3.05) is 39.6 Å². The molecule has 3 rings (SSSR count). The molecule has 150 valence electrons. The van der Waals surface area contributed by atoms with Crippen molar-refractivity contribution in [2.45, 2.75) is 18.7 Å². The molecule has 0 aliphatic carbocycles. The van der Waals surface area contributed by atoms with Crippen LogP contribution in [-0.2, 0) is 23.5 Å². The number of methoxy groups -OCH3 is 2. The van der Waals surface area contributed by atoms with E-state index < -0.39 is 0 Å². The van der Waals surface area contributed by atoms with Gasteiger partial charge in [-0.1, -0.05) is 24.3 Å². The Hall–Kier alpha value is -2.32. The molecule has 7 nitrogen and oxygen atoms in total. The number of carbonyl (C=O) groups is 1. The Kier molecular flexibility index (Phi) is 7.50. The number of carbonyl (C=O) groups excluding carboxylic acids is 1. The first-order valence-electron chi connectivity index (χ1n) is 9.27. The smallest absolute Gasteiger partial charge is 0.234 e. The molecule has 0 atom stereocenters. The summed E-state index contributed by atoms with van der Waals surface area (Å²) in [5.41, 5.74) is 2.72. The van der Waals surface area contributed by atoms with E-state index in [1.807, 2.05) is 0 Å².